The van der Waals surface area contributed by atoms with Gasteiger partial charge in [-0.3, -0.25) is 9.39 Å². The summed E-state index contributed by atoms with van der Waals surface area (Å²) in [4.78, 5) is 4.68. The minimum Gasteiger partial charge on any atom is -0.490 e. The number of nitrogens with zero attached hydrogens (tertiary/aromatic N) is 4. The third kappa shape index (κ3) is 7.25. The fourth-order valence-corrected chi connectivity index (χ4v) is 3.25. The number of guanidine groups is 1. The summed E-state index contributed by atoms with van der Waals surface area (Å²) in [7, 11) is 0. The van der Waals surface area contributed by atoms with Gasteiger partial charge in [-0.05, 0) is 57.0 Å². The zero-order chi connectivity index (χ0) is 21.9. The Labute approximate surface area is 206 Å². The molecule has 32 heavy (non-hydrogen) atoms. The van der Waals surface area contributed by atoms with Crippen molar-refractivity contribution in [2.75, 3.05) is 32.8 Å². The highest BCUT2D eigenvalue weighted by atomic mass is 127. The first-order valence-electron chi connectivity index (χ1n) is 10.9. The zero-order valence-corrected chi connectivity index (χ0v) is 21.3. The van der Waals surface area contributed by atoms with Crippen molar-refractivity contribution in [3.05, 3.63) is 54.0 Å². The lowest BCUT2D eigenvalue weighted by atomic mass is 10.1. The van der Waals surface area contributed by atoms with Crippen LogP contribution in [0.4, 0.5) is 0 Å². The molecule has 3 rings (SSSR count). The molecule has 0 fully saturated rings. The van der Waals surface area contributed by atoms with E-state index < -0.39 is 0 Å². The van der Waals surface area contributed by atoms with E-state index >= 15 is 0 Å². The first-order chi connectivity index (χ1) is 15.2. The number of nitrogens with one attached hydrogen (secondary N) is 2. The monoisotopic (exact) mass is 552 g/mol. The molecule has 0 bridgehead atoms. The van der Waals surface area contributed by atoms with E-state index in [1.54, 1.807) is 0 Å². The molecule has 0 aliphatic carbocycles. The minimum absolute atomic E-state index is 0. The van der Waals surface area contributed by atoms with Gasteiger partial charge in [0.05, 0.1) is 13.2 Å². The third-order valence-electron chi connectivity index (χ3n) is 4.65. The largest absolute Gasteiger partial charge is 0.490 e. The van der Waals surface area contributed by atoms with Crippen LogP contribution in [0.3, 0.4) is 0 Å². The molecule has 2 N–H and O–H groups in total. The zero-order valence-electron chi connectivity index (χ0n) is 19.0. The van der Waals surface area contributed by atoms with Crippen molar-refractivity contribution in [3.8, 4) is 11.5 Å². The van der Waals surface area contributed by atoms with Gasteiger partial charge in [-0.15, -0.1) is 34.2 Å². The SMILES string of the molecule is CCNC(=NCCc1nnc2ccccn12)NCCc1ccc(OCC)c(OCC)c1.I. The number of ether oxygens (including phenoxy) is 2. The number of aromatic nitrogens is 3. The molecule has 0 atom stereocenters. The fourth-order valence-electron chi connectivity index (χ4n) is 3.25. The van der Waals surface area contributed by atoms with Crippen LogP contribution in [0.25, 0.3) is 5.65 Å². The highest BCUT2D eigenvalue weighted by Crippen LogP contribution is 2.28. The normalized spacial score (nSPS) is 11.2. The topological polar surface area (TPSA) is 85.1 Å². The lowest BCUT2D eigenvalue weighted by Gasteiger charge is -2.14. The van der Waals surface area contributed by atoms with Crippen LogP contribution < -0.4 is 20.1 Å². The van der Waals surface area contributed by atoms with Crippen LogP contribution in [0.2, 0.25) is 0 Å². The van der Waals surface area contributed by atoms with Gasteiger partial charge in [0.15, 0.2) is 23.1 Å². The van der Waals surface area contributed by atoms with Gasteiger partial charge in [0.1, 0.15) is 5.82 Å². The molecule has 8 nitrogen and oxygen atoms in total. The number of hydrogen-bond acceptors (Lipinski definition) is 5. The molecule has 0 unspecified atom stereocenters. The first kappa shape index (κ1) is 25.7. The van der Waals surface area contributed by atoms with Crippen LogP contribution in [0.15, 0.2) is 47.6 Å². The molecule has 3 aromatic rings. The van der Waals surface area contributed by atoms with Crippen LogP contribution in [-0.4, -0.2) is 53.4 Å². The van der Waals surface area contributed by atoms with Gasteiger partial charge < -0.3 is 20.1 Å². The van der Waals surface area contributed by atoms with Gasteiger partial charge in [0.25, 0.3) is 0 Å². The Balaban J connectivity index is 0.00000363. The summed E-state index contributed by atoms with van der Waals surface area (Å²) in [6, 6.07) is 12.0. The Hall–Kier alpha value is -2.56. The summed E-state index contributed by atoms with van der Waals surface area (Å²) in [5, 5.41) is 15.1. The predicted octanol–water partition coefficient (Wildman–Crippen LogP) is 3.49. The summed E-state index contributed by atoms with van der Waals surface area (Å²) < 4.78 is 13.4. The van der Waals surface area contributed by atoms with Crippen molar-refractivity contribution in [1.29, 1.82) is 0 Å². The quantitative estimate of drug-likeness (QED) is 0.215. The number of fused-ring (bicyclic) bond motifs is 1. The molecule has 0 amide bonds. The molecule has 174 valence electrons. The van der Waals surface area contributed by atoms with E-state index in [0.29, 0.717) is 19.8 Å². The number of hydrogen-bond donors (Lipinski definition) is 2. The van der Waals surface area contributed by atoms with Crippen LogP contribution in [0.1, 0.15) is 32.2 Å². The minimum atomic E-state index is 0. The van der Waals surface area contributed by atoms with Crippen molar-refractivity contribution in [3.63, 3.8) is 0 Å². The lowest BCUT2D eigenvalue weighted by Crippen LogP contribution is -2.38. The van der Waals surface area contributed by atoms with Crippen molar-refractivity contribution in [2.45, 2.75) is 33.6 Å². The molecule has 0 saturated heterocycles. The van der Waals surface area contributed by atoms with E-state index in [-0.39, 0.29) is 24.0 Å². The average molecular weight is 552 g/mol. The van der Waals surface area contributed by atoms with Crippen LogP contribution in [-0.2, 0) is 12.8 Å². The summed E-state index contributed by atoms with van der Waals surface area (Å²) in [5.41, 5.74) is 2.04. The predicted molar refractivity (Wildman–Crippen MR) is 139 cm³/mol. The van der Waals surface area contributed by atoms with Gasteiger partial charge in [-0.25, -0.2) is 0 Å². The Morgan fingerprint density at radius 2 is 1.78 bits per heavy atom. The standard InChI is InChI=1S/C23H32N6O2.HI/c1-4-24-23(26-15-13-22-28-27-21-9-7-8-16-29(21)22)25-14-12-18-10-11-19(30-5-2)20(17-18)31-6-3;/h7-11,16-17H,4-6,12-15H2,1-3H3,(H2,24,25,26);1H. The molecule has 2 heterocycles. The molecule has 0 aliphatic heterocycles. The second kappa shape index (κ2) is 13.8. The number of halogens is 1. The van der Waals surface area contributed by atoms with Crippen molar-refractivity contribution < 1.29 is 9.47 Å². The Morgan fingerprint density at radius 1 is 0.969 bits per heavy atom. The van der Waals surface area contributed by atoms with E-state index in [1.165, 1.54) is 5.56 Å². The maximum Gasteiger partial charge on any atom is 0.191 e. The van der Waals surface area contributed by atoms with Gasteiger partial charge in [0.2, 0.25) is 0 Å². The number of benzene rings is 1. The number of rotatable bonds is 11. The molecule has 0 radical (unpaired) electrons. The average Bonchev–Trinajstić information content (AvgIpc) is 3.19. The van der Waals surface area contributed by atoms with E-state index in [0.717, 1.165) is 54.9 Å². The van der Waals surface area contributed by atoms with Crippen molar-refractivity contribution in [2.24, 2.45) is 4.99 Å². The van der Waals surface area contributed by atoms with E-state index in [2.05, 4.69) is 44.9 Å². The van der Waals surface area contributed by atoms with Gasteiger partial charge >= 0.3 is 0 Å². The van der Waals surface area contributed by atoms with Gasteiger partial charge in [-0.2, -0.15) is 0 Å². The van der Waals surface area contributed by atoms with Crippen LogP contribution in [0.5, 0.6) is 11.5 Å². The fraction of sp³-hybridized carbons (Fsp3) is 0.435. The van der Waals surface area contributed by atoms with Gasteiger partial charge in [-0.1, -0.05) is 12.1 Å². The van der Waals surface area contributed by atoms with Crippen LogP contribution in [0, 0.1) is 0 Å². The summed E-state index contributed by atoms with van der Waals surface area (Å²) >= 11 is 0. The molecule has 0 aliphatic rings. The Morgan fingerprint density at radius 3 is 2.56 bits per heavy atom. The highest BCUT2D eigenvalue weighted by Gasteiger charge is 2.07. The summed E-state index contributed by atoms with van der Waals surface area (Å²) in [6.07, 6.45) is 3.55. The van der Waals surface area contributed by atoms with Crippen molar-refractivity contribution >= 4 is 35.6 Å². The number of pyridine rings is 1. The molecule has 2 aromatic heterocycles. The first-order valence-corrected chi connectivity index (χ1v) is 10.9. The second-order valence-corrected chi connectivity index (χ2v) is 6.88. The maximum atomic E-state index is 5.72. The Bertz CT molecular complexity index is 992. The van der Waals surface area contributed by atoms with E-state index in [1.807, 2.05) is 48.7 Å². The van der Waals surface area contributed by atoms with E-state index in [9.17, 15) is 0 Å². The molecule has 0 spiro atoms. The summed E-state index contributed by atoms with van der Waals surface area (Å²) in [5.74, 6) is 3.29. The third-order valence-corrected chi connectivity index (χ3v) is 4.65. The lowest BCUT2D eigenvalue weighted by molar-refractivity contribution is 0.287. The Kier molecular flexibility index (Phi) is 11.1. The number of aliphatic imine (C=N–C) groups is 1. The molecular formula is C23H33IN6O2. The van der Waals surface area contributed by atoms with Crippen molar-refractivity contribution in [1.82, 2.24) is 25.2 Å². The van der Waals surface area contributed by atoms with E-state index in [4.69, 9.17) is 9.47 Å². The maximum absolute atomic E-state index is 5.72. The summed E-state index contributed by atoms with van der Waals surface area (Å²) in [6.45, 7) is 9.43. The smallest absolute Gasteiger partial charge is 0.191 e. The van der Waals surface area contributed by atoms with Crippen LogP contribution >= 0.6 is 24.0 Å². The molecule has 1 aromatic carbocycles. The molecular weight excluding hydrogens is 519 g/mol. The van der Waals surface area contributed by atoms with Gasteiger partial charge in [0, 0.05) is 32.3 Å². The second-order valence-electron chi connectivity index (χ2n) is 6.88. The molecule has 9 heteroatoms. The molecule has 0 saturated carbocycles. The highest BCUT2D eigenvalue weighted by molar-refractivity contribution is 14.0.